The van der Waals surface area contributed by atoms with Gasteiger partial charge in [-0.25, -0.2) is 0 Å². The predicted molar refractivity (Wildman–Crippen MR) is 99.7 cm³/mol. The first kappa shape index (κ1) is 26.2. The molecule has 30 heavy (non-hydrogen) atoms. The molecule has 168 valence electrons. The molecule has 1 aliphatic rings. The van der Waals surface area contributed by atoms with Gasteiger partial charge in [0.2, 0.25) is 15.3 Å². The molecule has 13 nitrogen and oxygen atoms in total. The third-order valence-corrected chi connectivity index (χ3v) is 4.31. The fourth-order valence-corrected chi connectivity index (χ4v) is 2.99. The van der Waals surface area contributed by atoms with Crippen LogP contribution in [-0.4, -0.2) is 74.1 Å². The molecule has 0 bridgehead atoms. The smallest absolute Gasteiger partial charge is 0.303 e. The summed E-state index contributed by atoms with van der Waals surface area (Å²) >= 11 is 16.9. The SMILES string of the molecule is CC(=O)OC[C@H]1OC(O)(C(=N)C(Cl)(Cl)Cl)[C@@](O)(N=[N+]=[N-])[C@@H](OC(C)=O)[C@@H]1OC(C)=O. The van der Waals surface area contributed by atoms with Crippen LogP contribution in [0, 0.1) is 5.41 Å². The molecular weight excluding hydrogens is 475 g/mol. The minimum absolute atomic E-state index is 0.729. The van der Waals surface area contributed by atoms with Gasteiger partial charge in [0.05, 0.1) is 0 Å². The van der Waals surface area contributed by atoms with Gasteiger partial charge in [0.1, 0.15) is 18.4 Å². The van der Waals surface area contributed by atoms with E-state index in [1.54, 1.807) is 0 Å². The molecule has 1 fully saturated rings. The molecule has 1 aliphatic heterocycles. The molecule has 16 heteroatoms. The first-order valence-electron chi connectivity index (χ1n) is 7.93. The summed E-state index contributed by atoms with van der Waals surface area (Å²) in [5.74, 6) is -6.30. The number of hydrogen-bond acceptors (Lipinski definition) is 11. The van der Waals surface area contributed by atoms with Crippen molar-refractivity contribution in [3.8, 4) is 0 Å². The van der Waals surface area contributed by atoms with E-state index in [9.17, 15) is 24.6 Å². The number of hydrogen-bond donors (Lipinski definition) is 3. The number of nitrogens with zero attached hydrogens (tertiary/aromatic N) is 3. The van der Waals surface area contributed by atoms with Crippen LogP contribution in [0.4, 0.5) is 0 Å². The number of carbonyl (C=O) groups is 3. The summed E-state index contributed by atoms with van der Waals surface area (Å²) in [5, 5.41) is 33.0. The lowest BCUT2D eigenvalue weighted by Gasteiger charge is -2.52. The molecule has 0 aromatic heterocycles. The monoisotopic (exact) mass is 490 g/mol. The van der Waals surface area contributed by atoms with Crippen LogP contribution in [0.15, 0.2) is 5.11 Å². The second-order valence-corrected chi connectivity index (χ2v) is 8.28. The molecule has 0 radical (unpaired) electrons. The van der Waals surface area contributed by atoms with Crippen molar-refractivity contribution >= 4 is 58.4 Å². The van der Waals surface area contributed by atoms with Gasteiger partial charge < -0.3 is 29.2 Å². The quantitative estimate of drug-likeness (QED) is 0.0916. The Bertz CT molecular complexity index is 785. The van der Waals surface area contributed by atoms with E-state index < -0.39 is 63.8 Å². The van der Waals surface area contributed by atoms with Gasteiger partial charge >= 0.3 is 17.9 Å². The first-order chi connectivity index (χ1) is 13.6. The topological polar surface area (TPSA) is 201 Å². The summed E-state index contributed by atoms with van der Waals surface area (Å²) in [4.78, 5) is 36.8. The Kier molecular flexibility index (Phi) is 8.30. The lowest BCUT2D eigenvalue weighted by Crippen LogP contribution is -2.77. The molecular formula is C14H17Cl3N4O9. The van der Waals surface area contributed by atoms with Crippen LogP contribution in [0.1, 0.15) is 20.8 Å². The zero-order valence-corrected chi connectivity index (χ0v) is 17.9. The second kappa shape index (κ2) is 9.52. The third kappa shape index (κ3) is 5.43. The summed E-state index contributed by atoms with van der Waals surface area (Å²) in [6.45, 7) is 2.13. The van der Waals surface area contributed by atoms with Crippen LogP contribution in [0.3, 0.4) is 0 Å². The van der Waals surface area contributed by atoms with Crippen LogP contribution in [-0.2, 0) is 33.3 Å². The summed E-state index contributed by atoms with van der Waals surface area (Å²) in [6, 6.07) is 0. The Morgan fingerprint density at radius 2 is 1.70 bits per heavy atom. The van der Waals surface area contributed by atoms with Crippen molar-refractivity contribution in [2.45, 2.75) is 54.4 Å². The molecule has 0 spiro atoms. The fourth-order valence-electron chi connectivity index (χ4n) is 2.60. The van der Waals surface area contributed by atoms with E-state index >= 15 is 0 Å². The number of ether oxygens (including phenoxy) is 4. The Morgan fingerprint density at radius 3 is 2.10 bits per heavy atom. The van der Waals surface area contributed by atoms with Gasteiger partial charge in [0.25, 0.3) is 0 Å². The second-order valence-electron chi connectivity index (χ2n) is 6.00. The molecule has 0 saturated carbocycles. The van der Waals surface area contributed by atoms with E-state index in [-0.39, 0.29) is 0 Å². The van der Waals surface area contributed by atoms with E-state index in [4.69, 9.17) is 64.7 Å². The first-order valence-corrected chi connectivity index (χ1v) is 9.06. The van der Waals surface area contributed by atoms with Gasteiger partial charge in [-0.2, -0.15) is 0 Å². The van der Waals surface area contributed by atoms with Crippen molar-refractivity contribution < 1.29 is 43.5 Å². The van der Waals surface area contributed by atoms with Gasteiger partial charge in [-0.05, 0) is 10.6 Å². The Balaban J connectivity index is 3.75. The van der Waals surface area contributed by atoms with Crippen molar-refractivity contribution in [1.82, 2.24) is 0 Å². The maximum atomic E-state index is 11.6. The molecule has 1 saturated heterocycles. The van der Waals surface area contributed by atoms with Crippen LogP contribution in [0.25, 0.3) is 10.4 Å². The summed E-state index contributed by atoms with van der Waals surface area (Å²) in [5.41, 5.74) is 4.20. The zero-order valence-electron chi connectivity index (χ0n) is 15.7. The average molecular weight is 492 g/mol. The van der Waals surface area contributed by atoms with E-state index in [1.165, 1.54) is 0 Å². The number of azide groups is 1. The number of nitrogens with one attached hydrogen (secondary N) is 1. The Labute approximate surface area is 184 Å². The van der Waals surface area contributed by atoms with Crippen LogP contribution < -0.4 is 0 Å². The summed E-state index contributed by atoms with van der Waals surface area (Å²) in [7, 11) is 0. The van der Waals surface area contributed by atoms with E-state index in [1.807, 2.05) is 0 Å². The minimum Gasteiger partial charge on any atom is -0.463 e. The van der Waals surface area contributed by atoms with Gasteiger partial charge in [0, 0.05) is 25.7 Å². The summed E-state index contributed by atoms with van der Waals surface area (Å²) in [6.07, 6.45) is -5.64. The Morgan fingerprint density at radius 1 is 1.17 bits per heavy atom. The highest BCUT2D eigenvalue weighted by atomic mass is 35.6. The average Bonchev–Trinajstić information content (AvgIpc) is 2.58. The van der Waals surface area contributed by atoms with Crippen LogP contribution in [0.5, 0.6) is 0 Å². The Hall–Kier alpha value is -1.86. The minimum atomic E-state index is -3.42. The van der Waals surface area contributed by atoms with Crippen molar-refractivity contribution in [1.29, 1.82) is 5.41 Å². The predicted octanol–water partition coefficient (Wildman–Crippen LogP) is 0.889. The van der Waals surface area contributed by atoms with E-state index in [0.717, 1.165) is 20.8 Å². The number of rotatable bonds is 6. The molecule has 1 rings (SSSR count). The molecule has 1 heterocycles. The molecule has 0 aliphatic carbocycles. The van der Waals surface area contributed by atoms with E-state index in [0.29, 0.717) is 0 Å². The highest BCUT2D eigenvalue weighted by Crippen LogP contribution is 2.46. The number of esters is 3. The van der Waals surface area contributed by atoms with Gasteiger partial charge in [-0.3, -0.25) is 19.8 Å². The maximum absolute atomic E-state index is 11.6. The van der Waals surface area contributed by atoms with Crippen molar-refractivity contribution in [3.63, 3.8) is 0 Å². The normalized spacial score (nSPS) is 31.1. The molecule has 1 unspecified atom stereocenters. The fraction of sp³-hybridized carbons (Fsp3) is 0.714. The van der Waals surface area contributed by atoms with Gasteiger partial charge in [-0.15, -0.1) is 0 Å². The van der Waals surface area contributed by atoms with Crippen molar-refractivity contribution in [3.05, 3.63) is 10.4 Å². The number of alkyl halides is 3. The molecule has 5 atom stereocenters. The standard InChI is InChI=1S/C14H17Cl3N4O9/c1-5(22)27-4-8-9(28-6(2)23)10(29-7(3)24)12(25,20-21-19)13(26,30-8)11(18)14(15,16)17/h8-10,18,25-26H,4H2,1-3H3/t8-,9-,10+,12-,13?/m1/s1. The molecule has 3 N–H and O–H groups in total. The van der Waals surface area contributed by atoms with Crippen molar-refractivity contribution in [2.75, 3.05) is 6.61 Å². The molecule has 0 aromatic carbocycles. The van der Waals surface area contributed by atoms with Gasteiger partial charge in [-0.1, -0.05) is 34.8 Å². The van der Waals surface area contributed by atoms with Crippen LogP contribution >= 0.6 is 34.8 Å². The highest BCUT2D eigenvalue weighted by molar-refractivity contribution is 6.77. The maximum Gasteiger partial charge on any atom is 0.303 e. The number of halogens is 3. The third-order valence-electron chi connectivity index (χ3n) is 3.75. The summed E-state index contributed by atoms with van der Waals surface area (Å²) < 4.78 is 17.2. The molecule has 0 amide bonds. The number of carbonyl (C=O) groups excluding carboxylic acids is 3. The highest BCUT2D eigenvalue weighted by Gasteiger charge is 2.71. The van der Waals surface area contributed by atoms with Crippen molar-refractivity contribution in [2.24, 2.45) is 5.11 Å². The van der Waals surface area contributed by atoms with E-state index in [2.05, 4.69) is 10.0 Å². The zero-order chi connectivity index (χ0) is 23.5. The van der Waals surface area contributed by atoms with Crippen LogP contribution in [0.2, 0.25) is 0 Å². The molecule has 0 aromatic rings. The largest absolute Gasteiger partial charge is 0.463 e. The lowest BCUT2D eigenvalue weighted by atomic mass is 9.84. The lowest BCUT2D eigenvalue weighted by molar-refractivity contribution is -0.358. The van der Waals surface area contributed by atoms with Gasteiger partial charge in [0.15, 0.2) is 12.2 Å². The number of aliphatic hydroxyl groups is 2.